The average molecular weight is 457 g/mol. The van der Waals surface area contributed by atoms with Gasteiger partial charge in [-0.1, -0.05) is 6.92 Å². The highest BCUT2D eigenvalue weighted by atomic mass is 32.2. The number of anilines is 1. The van der Waals surface area contributed by atoms with E-state index in [0.29, 0.717) is 30.0 Å². The highest BCUT2D eigenvalue weighted by Gasteiger charge is 2.31. The van der Waals surface area contributed by atoms with Gasteiger partial charge in [-0.25, -0.2) is 13.4 Å². The summed E-state index contributed by atoms with van der Waals surface area (Å²) in [5.41, 5.74) is -0.731. The molecule has 5 nitrogen and oxygen atoms in total. The van der Waals surface area contributed by atoms with Crippen LogP contribution in [0.5, 0.6) is 5.75 Å². The summed E-state index contributed by atoms with van der Waals surface area (Å²) in [5.74, 6) is 2.18. The first-order valence-electron chi connectivity index (χ1n) is 10.2. The Labute approximate surface area is 181 Å². The maximum Gasteiger partial charge on any atom is 0.417 e. The molecule has 1 aromatic carbocycles. The van der Waals surface area contributed by atoms with Gasteiger partial charge in [-0.2, -0.15) is 13.2 Å². The van der Waals surface area contributed by atoms with Gasteiger partial charge in [0.1, 0.15) is 11.6 Å². The molecule has 1 aliphatic rings. The predicted octanol–water partition coefficient (Wildman–Crippen LogP) is 4.83. The van der Waals surface area contributed by atoms with E-state index in [1.54, 1.807) is 24.3 Å². The Balaban J connectivity index is 1.43. The monoisotopic (exact) mass is 456 g/mol. The minimum Gasteiger partial charge on any atom is -0.494 e. The number of nitrogens with zero attached hydrogens (tertiary/aromatic N) is 2. The fourth-order valence-corrected chi connectivity index (χ4v) is 4.45. The molecule has 1 atom stereocenters. The van der Waals surface area contributed by atoms with Gasteiger partial charge in [0.25, 0.3) is 0 Å². The van der Waals surface area contributed by atoms with Gasteiger partial charge in [0, 0.05) is 25.5 Å². The molecule has 1 aromatic heterocycles. The number of piperidine rings is 1. The van der Waals surface area contributed by atoms with Gasteiger partial charge in [0.05, 0.1) is 17.1 Å². The molecular weight excluding hydrogens is 429 g/mol. The second-order valence-corrected chi connectivity index (χ2v) is 10.1. The van der Waals surface area contributed by atoms with E-state index in [9.17, 15) is 21.6 Å². The van der Waals surface area contributed by atoms with Crippen LogP contribution in [0, 0.1) is 11.8 Å². The van der Waals surface area contributed by atoms with E-state index in [0.717, 1.165) is 44.6 Å². The summed E-state index contributed by atoms with van der Waals surface area (Å²) in [6, 6.07) is 8.93. The second-order valence-electron chi connectivity index (χ2n) is 8.09. The molecule has 1 fully saturated rings. The summed E-state index contributed by atoms with van der Waals surface area (Å²) in [6.07, 6.45) is 0.468. The molecule has 31 heavy (non-hydrogen) atoms. The molecule has 170 valence electrons. The van der Waals surface area contributed by atoms with Crippen molar-refractivity contribution in [2.75, 3.05) is 30.9 Å². The molecule has 1 aliphatic heterocycles. The zero-order valence-corrected chi connectivity index (χ0v) is 18.4. The number of hydrogen-bond acceptors (Lipinski definition) is 5. The number of sulfone groups is 1. The van der Waals surface area contributed by atoms with Crippen LogP contribution in [0.4, 0.5) is 19.0 Å². The molecule has 3 rings (SSSR count). The first kappa shape index (κ1) is 23.4. The number of benzene rings is 1. The smallest absolute Gasteiger partial charge is 0.417 e. The SMILES string of the molecule is CC(CCOc1ccc(S(C)(=O)=O)cc1)C1CCN(c2ccc(C(F)(F)F)cn2)CC1. The Morgan fingerprint density at radius 3 is 2.29 bits per heavy atom. The number of aromatic nitrogens is 1. The lowest BCUT2D eigenvalue weighted by atomic mass is 9.84. The van der Waals surface area contributed by atoms with E-state index in [1.165, 1.54) is 12.3 Å². The van der Waals surface area contributed by atoms with Gasteiger partial charge >= 0.3 is 6.18 Å². The first-order chi connectivity index (χ1) is 14.5. The minimum absolute atomic E-state index is 0.266. The van der Waals surface area contributed by atoms with Gasteiger partial charge in [0.15, 0.2) is 9.84 Å². The zero-order chi connectivity index (χ0) is 22.6. The van der Waals surface area contributed by atoms with Crippen molar-refractivity contribution >= 4 is 15.7 Å². The van der Waals surface area contributed by atoms with Crippen molar-refractivity contribution < 1.29 is 26.3 Å². The van der Waals surface area contributed by atoms with Crippen LogP contribution in [-0.2, 0) is 16.0 Å². The summed E-state index contributed by atoms with van der Waals surface area (Å²) >= 11 is 0. The number of ether oxygens (including phenoxy) is 1. The molecule has 0 N–H and O–H groups in total. The zero-order valence-electron chi connectivity index (χ0n) is 17.6. The Morgan fingerprint density at radius 2 is 1.77 bits per heavy atom. The normalized spacial score (nSPS) is 16.9. The molecular formula is C22H27F3N2O3S. The Hall–Kier alpha value is -2.29. The van der Waals surface area contributed by atoms with E-state index in [4.69, 9.17) is 4.74 Å². The van der Waals surface area contributed by atoms with Crippen LogP contribution in [0.15, 0.2) is 47.5 Å². The van der Waals surface area contributed by atoms with Crippen molar-refractivity contribution in [2.24, 2.45) is 11.8 Å². The van der Waals surface area contributed by atoms with Gasteiger partial charge in [-0.05, 0) is 67.5 Å². The van der Waals surface area contributed by atoms with Crippen molar-refractivity contribution in [3.63, 3.8) is 0 Å². The second kappa shape index (κ2) is 9.46. The molecule has 0 saturated carbocycles. The van der Waals surface area contributed by atoms with Crippen molar-refractivity contribution in [2.45, 2.75) is 37.3 Å². The number of hydrogen-bond donors (Lipinski definition) is 0. The van der Waals surface area contributed by atoms with E-state index in [2.05, 4.69) is 11.9 Å². The number of halogens is 3. The average Bonchev–Trinajstić information content (AvgIpc) is 2.73. The van der Waals surface area contributed by atoms with Crippen molar-refractivity contribution in [1.82, 2.24) is 4.98 Å². The summed E-state index contributed by atoms with van der Waals surface area (Å²) in [4.78, 5) is 6.29. The Bertz CT molecular complexity index is 953. The number of rotatable bonds is 7. The summed E-state index contributed by atoms with van der Waals surface area (Å²) < 4.78 is 66.8. The van der Waals surface area contributed by atoms with Gasteiger partial charge in [-0.15, -0.1) is 0 Å². The van der Waals surface area contributed by atoms with Crippen LogP contribution in [0.1, 0.15) is 31.7 Å². The Kier molecular flexibility index (Phi) is 7.13. The van der Waals surface area contributed by atoms with Crippen molar-refractivity contribution in [1.29, 1.82) is 0 Å². The van der Waals surface area contributed by atoms with Crippen molar-refractivity contribution in [3.05, 3.63) is 48.2 Å². The number of alkyl halides is 3. The molecule has 1 unspecified atom stereocenters. The molecule has 0 amide bonds. The van der Waals surface area contributed by atoms with Crippen LogP contribution in [0.2, 0.25) is 0 Å². The van der Waals surface area contributed by atoms with Crippen LogP contribution >= 0.6 is 0 Å². The van der Waals surface area contributed by atoms with E-state index < -0.39 is 21.6 Å². The topological polar surface area (TPSA) is 59.5 Å². The molecule has 0 aliphatic carbocycles. The first-order valence-corrected chi connectivity index (χ1v) is 12.1. The quantitative estimate of drug-likeness (QED) is 0.598. The van der Waals surface area contributed by atoms with E-state index in [1.807, 2.05) is 4.90 Å². The molecule has 0 bridgehead atoms. The fourth-order valence-electron chi connectivity index (χ4n) is 3.82. The standard InChI is InChI=1S/C22H27F3N2O3S/c1-16(11-14-30-19-4-6-20(7-5-19)31(2,28)29)17-9-12-27(13-10-17)21-8-3-18(15-26-21)22(23,24)25/h3-8,15-17H,9-14H2,1-2H3. The van der Waals surface area contributed by atoms with Gasteiger partial charge in [-0.3, -0.25) is 0 Å². The summed E-state index contributed by atoms with van der Waals surface area (Å²) in [5, 5.41) is 0. The molecule has 0 spiro atoms. The third kappa shape index (κ3) is 6.35. The third-order valence-electron chi connectivity index (χ3n) is 5.84. The molecule has 0 radical (unpaired) electrons. The molecule has 9 heteroatoms. The summed E-state index contributed by atoms with van der Waals surface area (Å²) in [6.45, 7) is 4.26. The lowest BCUT2D eigenvalue weighted by Gasteiger charge is -2.35. The molecule has 2 aromatic rings. The fraction of sp³-hybridized carbons (Fsp3) is 0.500. The third-order valence-corrected chi connectivity index (χ3v) is 6.97. The molecule has 2 heterocycles. The summed E-state index contributed by atoms with van der Waals surface area (Å²) in [7, 11) is -3.22. The van der Waals surface area contributed by atoms with Gasteiger partial charge < -0.3 is 9.64 Å². The maximum atomic E-state index is 12.7. The van der Waals surface area contributed by atoms with Crippen LogP contribution in [-0.4, -0.2) is 39.4 Å². The largest absolute Gasteiger partial charge is 0.494 e. The Morgan fingerprint density at radius 1 is 1.13 bits per heavy atom. The van der Waals surface area contributed by atoms with Crippen molar-refractivity contribution in [3.8, 4) is 5.75 Å². The highest BCUT2D eigenvalue weighted by molar-refractivity contribution is 7.90. The lowest BCUT2D eigenvalue weighted by molar-refractivity contribution is -0.137. The van der Waals surface area contributed by atoms with E-state index >= 15 is 0 Å². The van der Waals surface area contributed by atoms with Crippen LogP contribution in [0.25, 0.3) is 0 Å². The number of pyridine rings is 1. The molecule has 1 saturated heterocycles. The van der Waals surface area contributed by atoms with Crippen LogP contribution < -0.4 is 9.64 Å². The minimum atomic E-state index is -4.37. The predicted molar refractivity (Wildman–Crippen MR) is 113 cm³/mol. The lowest BCUT2D eigenvalue weighted by Crippen LogP contribution is -2.36. The van der Waals surface area contributed by atoms with Crippen LogP contribution in [0.3, 0.4) is 0 Å². The van der Waals surface area contributed by atoms with E-state index in [-0.39, 0.29) is 4.90 Å². The maximum absolute atomic E-state index is 12.7. The van der Waals surface area contributed by atoms with Gasteiger partial charge in [0.2, 0.25) is 0 Å². The highest BCUT2D eigenvalue weighted by Crippen LogP contribution is 2.32.